The van der Waals surface area contributed by atoms with Crippen LogP contribution in [-0.2, 0) is 12.0 Å². The van der Waals surface area contributed by atoms with Crippen molar-refractivity contribution in [1.82, 2.24) is 20.1 Å². The summed E-state index contributed by atoms with van der Waals surface area (Å²) in [6.45, 7) is 2.10. The third kappa shape index (κ3) is 6.47. The van der Waals surface area contributed by atoms with Crippen molar-refractivity contribution in [2.45, 2.75) is 63.9 Å². The highest BCUT2D eigenvalue weighted by Gasteiger charge is 2.67. The van der Waals surface area contributed by atoms with E-state index in [1.807, 2.05) is 0 Å². The van der Waals surface area contributed by atoms with Gasteiger partial charge in [-0.3, -0.25) is 4.79 Å². The van der Waals surface area contributed by atoms with Gasteiger partial charge in [0.2, 0.25) is 5.89 Å². The second-order valence-corrected chi connectivity index (χ2v) is 12.5. The highest BCUT2D eigenvalue weighted by atomic mass is 35.5. The van der Waals surface area contributed by atoms with Crippen molar-refractivity contribution >= 4 is 40.4 Å². The number of benzene rings is 1. The van der Waals surface area contributed by atoms with Gasteiger partial charge in [-0.05, 0) is 32.8 Å². The molecule has 236 valence electrons. The average molecular weight is 681 g/mol. The summed E-state index contributed by atoms with van der Waals surface area (Å²) in [6.07, 6.45) is -14.2. The molecule has 1 saturated heterocycles. The van der Waals surface area contributed by atoms with Gasteiger partial charge in [0.1, 0.15) is 11.3 Å². The fraction of sp³-hybridized carbons (Fsp3) is 0.520. The second-order valence-electron chi connectivity index (χ2n) is 10.7. The zero-order valence-corrected chi connectivity index (χ0v) is 24.8. The number of nitrogens with zero attached hydrogens (tertiary/aromatic N) is 4. The van der Waals surface area contributed by atoms with Crippen LogP contribution in [0.1, 0.15) is 55.6 Å². The topological polar surface area (TPSA) is 92.3 Å². The van der Waals surface area contributed by atoms with Crippen molar-refractivity contribution in [3.05, 3.63) is 39.3 Å². The molecular formula is C25H22Cl2F8N4O3S. The molecule has 43 heavy (non-hydrogen) atoms. The normalized spacial score (nSPS) is 16.6. The largest absolute Gasteiger partial charge is 0.415 e. The Bertz CT molecular complexity index is 1510. The summed E-state index contributed by atoms with van der Waals surface area (Å²) in [5.74, 6) is -4.21. The average Bonchev–Trinajstić information content (AvgIpc) is 3.53. The van der Waals surface area contributed by atoms with Gasteiger partial charge in [-0.1, -0.05) is 35.3 Å². The van der Waals surface area contributed by atoms with Crippen molar-refractivity contribution in [2.24, 2.45) is 5.41 Å². The number of aromatic nitrogens is 3. The number of carbonyl (C=O) groups excluding carboxylic acids is 1. The van der Waals surface area contributed by atoms with E-state index in [-0.39, 0.29) is 52.9 Å². The Kier molecular flexibility index (Phi) is 8.61. The van der Waals surface area contributed by atoms with Crippen LogP contribution in [0.5, 0.6) is 0 Å². The van der Waals surface area contributed by atoms with Gasteiger partial charge >= 0.3 is 12.4 Å². The molecule has 1 fully saturated rings. The van der Waals surface area contributed by atoms with Crippen molar-refractivity contribution in [3.8, 4) is 21.3 Å². The summed E-state index contributed by atoms with van der Waals surface area (Å²) in [7, 11) is 0. The molecule has 1 amide bonds. The summed E-state index contributed by atoms with van der Waals surface area (Å²) in [4.78, 5) is 18.8. The quantitative estimate of drug-likeness (QED) is 0.266. The van der Waals surface area contributed by atoms with Gasteiger partial charge in [0.15, 0.2) is 10.4 Å². The molecule has 1 aliphatic heterocycles. The van der Waals surface area contributed by atoms with E-state index in [4.69, 9.17) is 27.6 Å². The molecule has 18 heteroatoms. The molecule has 7 nitrogen and oxygen atoms in total. The van der Waals surface area contributed by atoms with E-state index in [1.54, 1.807) is 0 Å². The Morgan fingerprint density at radius 3 is 2.12 bits per heavy atom. The number of hydrogen-bond donors (Lipinski definition) is 1. The Labute approximate surface area is 252 Å². The standard InChI is InChI=1S/C25H22Cl2F8N4O3S/c1-21(2,41)20-38-37-17(42-20)18-36-15(19(40)39-8-6-23(28,29)7-9-39)16(43-18)12-5-4-11(13(26)14(12)27)10-22(3,24(30,31)32)25(33,34)35/h4-5,41H,6-10H2,1-3H3. The molecule has 0 bridgehead atoms. The number of halogens is 10. The number of amides is 1. The van der Waals surface area contributed by atoms with E-state index < -0.39 is 70.1 Å². The maximum atomic E-state index is 13.7. The first-order chi connectivity index (χ1) is 19.6. The first kappa shape index (κ1) is 33.3. The van der Waals surface area contributed by atoms with Crippen LogP contribution in [0.4, 0.5) is 35.1 Å². The van der Waals surface area contributed by atoms with E-state index in [2.05, 4.69) is 15.2 Å². The van der Waals surface area contributed by atoms with Crippen LogP contribution in [0.3, 0.4) is 0 Å². The van der Waals surface area contributed by atoms with Gasteiger partial charge in [-0.15, -0.1) is 21.5 Å². The number of thiazole rings is 1. The number of piperidine rings is 1. The molecule has 4 rings (SSSR count). The lowest BCUT2D eigenvalue weighted by Gasteiger charge is -2.34. The molecule has 0 radical (unpaired) electrons. The van der Waals surface area contributed by atoms with Crippen molar-refractivity contribution < 1.29 is 49.4 Å². The van der Waals surface area contributed by atoms with Gasteiger partial charge in [0.25, 0.3) is 17.7 Å². The SMILES string of the molecule is CC(C)(O)c1nnc(-c2nc(C(=O)N3CCC(F)(F)CC3)c(-c3ccc(CC(C)(C(F)(F)F)C(F)(F)F)c(Cl)c3Cl)s2)o1. The number of rotatable bonds is 6. The lowest BCUT2D eigenvalue weighted by molar-refractivity contribution is -0.334. The molecule has 0 spiro atoms. The zero-order valence-electron chi connectivity index (χ0n) is 22.4. The zero-order chi connectivity index (χ0) is 32.3. The predicted octanol–water partition coefficient (Wildman–Crippen LogP) is 7.94. The van der Waals surface area contributed by atoms with Crippen LogP contribution in [0.15, 0.2) is 16.5 Å². The highest BCUT2D eigenvalue weighted by molar-refractivity contribution is 7.18. The number of hydrogen-bond acceptors (Lipinski definition) is 7. The third-order valence-electron chi connectivity index (χ3n) is 6.95. The molecule has 1 N–H and O–H groups in total. The maximum absolute atomic E-state index is 13.7. The van der Waals surface area contributed by atoms with Crippen molar-refractivity contribution in [1.29, 1.82) is 0 Å². The van der Waals surface area contributed by atoms with Crippen LogP contribution in [-0.4, -0.2) is 62.5 Å². The van der Waals surface area contributed by atoms with E-state index in [1.165, 1.54) is 13.8 Å². The van der Waals surface area contributed by atoms with Gasteiger partial charge < -0.3 is 14.4 Å². The van der Waals surface area contributed by atoms with Crippen LogP contribution >= 0.6 is 34.5 Å². The molecule has 0 saturated carbocycles. The fourth-order valence-corrected chi connectivity index (χ4v) is 5.70. The molecule has 0 atom stereocenters. The van der Waals surface area contributed by atoms with Crippen molar-refractivity contribution in [2.75, 3.05) is 13.1 Å². The summed E-state index contributed by atoms with van der Waals surface area (Å²) in [6, 6.07) is 2.01. The fourth-order valence-electron chi connectivity index (χ4n) is 4.13. The molecule has 1 aliphatic rings. The smallest absolute Gasteiger partial charge is 0.403 e. The van der Waals surface area contributed by atoms with Gasteiger partial charge in [-0.2, -0.15) is 26.3 Å². The first-order valence-corrected chi connectivity index (χ1v) is 14.0. The van der Waals surface area contributed by atoms with E-state index >= 15 is 0 Å². The minimum Gasteiger partial charge on any atom is -0.415 e. The number of aliphatic hydroxyl groups is 1. The molecule has 0 unspecified atom stereocenters. The number of carbonyl (C=O) groups is 1. The van der Waals surface area contributed by atoms with Gasteiger partial charge in [0.05, 0.1) is 14.9 Å². The maximum Gasteiger partial charge on any atom is 0.403 e. The van der Waals surface area contributed by atoms with Crippen LogP contribution in [0, 0.1) is 5.41 Å². The predicted molar refractivity (Wildman–Crippen MR) is 140 cm³/mol. The summed E-state index contributed by atoms with van der Waals surface area (Å²) in [5.41, 5.74) is -6.66. The summed E-state index contributed by atoms with van der Waals surface area (Å²) >= 11 is 13.3. The van der Waals surface area contributed by atoms with Crippen LogP contribution in [0.2, 0.25) is 10.0 Å². The molecule has 2 aromatic heterocycles. The number of likely N-dealkylation sites (tertiary alicyclic amines) is 1. The van der Waals surface area contributed by atoms with Crippen LogP contribution in [0.25, 0.3) is 21.3 Å². The van der Waals surface area contributed by atoms with Crippen molar-refractivity contribution in [3.63, 3.8) is 0 Å². The minimum atomic E-state index is -5.68. The molecule has 3 heterocycles. The highest BCUT2D eigenvalue weighted by Crippen LogP contribution is 2.53. The number of alkyl halides is 8. The van der Waals surface area contributed by atoms with Crippen LogP contribution < -0.4 is 0 Å². The molecule has 1 aromatic carbocycles. The molecular weight excluding hydrogens is 659 g/mol. The van der Waals surface area contributed by atoms with E-state index in [9.17, 15) is 45.0 Å². The third-order valence-corrected chi connectivity index (χ3v) is 8.94. The van der Waals surface area contributed by atoms with E-state index in [0.717, 1.165) is 28.4 Å². The Morgan fingerprint density at radius 1 is 1.02 bits per heavy atom. The second kappa shape index (κ2) is 11.1. The molecule has 0 aliphatic carbocycles. The Balaban J connectivity index is 1.81. The van der Waals surface area contributed by atoms with E-state index in [0.29, 0.717) is 0 Å². The van der Waals surface area contributed by atoms with Gasteiger partial charge in [0, 0.05) is 31.5 Å². The minimum absolute atomic E-state index is 0.00580. The summed E-state index contributed by atoms with van der Waals surface area (Å²) in [5, 5.41) is 16.5. The first-order valence-electron chi connectivity index (χ1n) is 12.4. The Hall–Kier alpha value is -2.56. The monoisotopic (exact) mass is 680 g/mol. The lowest BCUT2D eigenvalue weighted by atomic mass is 9.82. The summed E-state index contributed by atoms with van der Waals surface area (Å²) < 4.78 is 114. The molecule has 3 aromatic rings. The lowest BCUT2D eigenvalue weighted by Crippen LogP contribution is -2.49. The Morgan fingerprint density at radius 2 is 1.60 bits per heavy atom. The van der Waals surface area contributed by atoms with Gasteiger partial charge in [-0.25, -0.2) is 13.8 Å².